The second-order valence-corrected chi connectivity index (χ2v) is 5.47. The molecule has 1 aromatic carbocycles. The highest BCUT2D eigenvalue weighted by Crippen LogP contribution is 2.31. The van der Waals surface area contributed by atoms with Crippen molar-refractivity contribution in [1.29, 1.82) is 5.26 Å². The Bertz CT molecular complexity index is 871. The highest BCUT2D eigenvalue weighted by atomic mass is 16.5. The van der Waals surface area contributed by atoms with Crippen molar-refractivity contribution in [2.24, 2.45) is 0 Å². The smallest absolute Gasteiger partial charge is 0.346 e. The molecule has 0 amide bonds. The molecule has 0 spiro atoms. The van der Waals surface area contributed by atoms with Crippen molar-refractivity contribution in [3.63, 3.8) is 0 Å². The van der Waals surface area contributed by atoms with Crippen molar-refractivity contribution in [3.8, 4) is 11.8 Å². The Hall–Kier alpha value is -3.53. The van der Waals surface area contributed by atoms with Gasteiger partial charge in [-0.15, -0.1) is 0 Å². The maximum absolute atomic E-state index is 11.1. The molecule has 2 rings (SSSR count). The number of hydrogen-bond donors (Lipinski definition) is 2. The van der Waals surface area contributed by atoms with Gasteiger partial charge >= 0.3 is 5.97 Å². The summed E-state index contributed by atoms with van der Waals surface area (Å²) in [5, 5.41) is 18.0. The fourth-order valence-electron chi connectivity index (χ4n) is 2.47. The van der Waals surface area contributed by atoms with E-state index in [4.69, 9.17) is 20.8 Å². The van der Waals surface area contributed by atoms with Crippen molar-refractivity contribution in [1.82, 2.24) is 4.98 Å². The molecular formula is C19H20N4O3. The zero-order valence-corrected chi connectivity index (χ0v) is 14.6. The van der Waals surface area contributed by atoms with Gasteiger partial charge in [0, 0.05) is 23.9 Å². The number of carbonyl (C=O) groups is 1. The second kappa shape index (κ2) is 8.53. The molecule has 0 atom stereocenters. The molecule has 0 unspecified atom stereocenters. The number of carboxylic acid groups (broad SMARTS) is 1. The molecule has 0 saturated heterocycles. The minimum atomic E-state index is -1.28. The van der Waals surface area contributed by atoms with E-state index in [1.54, 1.807) is 24.3 Å². The lowest BCUT2D eigenvalue weighted by atomic mass is 10.1. The van der Waals surface area contributed by atoms with E-state index in [0.29, 0.717) is 29.5 Å². The molecule has 1 heterocycles. The van der Waals surface area contributed by atoms with Gasteiger partial charge in [0.2, 0.25) is 0 Å². The Morgan fingerprint density at radius 2 is 2.19 bits per heavy atom. The molecule has 0 radical (unpaired) electrons. The number of nitrogen functional groups attached to an aromatic ring is 1. The number of nitriles is 1. The van der Waals surface area contributed by atoms with E-state index in [2.05, 4.69) is 11.9 Å². The number of hydrogen-bond acceptors (Lipinski definition) is 6. The first-order valence-corrected chi connectivity index (χ1v) is 8.03. The summed E-state index contributed by atoms with van der Waals surface area (Å²) in [5.41, 5.74) is 6.76. The third-order valence-electron chi connectivity index (χ3n) is 3.66. The van der Waals surface area contributed by atoms with E-state index in [9.17, 15) is 4.79 Å². The maximum Gasteiger partial charge on any atom is 0.346 e. The van der Waals surface area contributed by atoms with Gasteiger partial charge in [0.25, 0.3) is 0 Å². The number of carboxylic acids is 1. The SMILES string of the molecule is CCCN(c1ccc(/C=C(\C#N)C(=O)O)c(OC)c1)c1cccc(N)n1. The number of methoxy groups -OCH3 is 1. The highest BCUT2D eigenvalue weighted by molar-refractivity contribution is 5.97. The third kappa shape index (κ3) is 4.30. The van der Waals surface area contributed by atoms with Crippen LogP contribution in [0.4, 0.5) is 17.3 Å². The van der Waals surface area contributed by atoms with Crippen LogP contribution >= 0.6 is 0 Å². The van der Waals surface area contributed by atoms with Crippen molar-refractivity contribution in [3.05, 3.63) is 47.5 Å². The molecule has 3 N–H and O–H groups in total. The predicted octanol–water partition coefficient (Wildman–Crippen LogP) is 3.21. The molecule has 0 aliphatic rings. The lowest BCUT2D eigenvalue weighted by molar-refractivity contribution is -0.132. The molecule has 1 aromatic heterocycles. The standard InChI is InChI=1S/C19H20N4O3/c1-3-9-23(18-6-4-5-17(21)22-18)15-8-7-13(16(11-15)26-2)10-14(12-20)19(24)25/h4-8,10-11H,3,9H2,1-2H3,(H2,21,22)(H,24,25)/b14-10+. The molecule has 2 aromatic rings. The number of nitrogens with two attached hydrogens (primary N) is 1. The van der Waals surface area contributed by atoms with E-state index in [1.807, 2.05) is 23.1 Å². The van der Waals surface area contributed by atoms with Gasteiger partial charge in [0.1, 0.15) is 29.0 Å². The summed E-state index contributed by atoms with van der Waals surface area (Å²) < 4.78 is 5.38. The van der Waals surface area contributed by atoms with E-state index >= 15 is 0 Å². The van der Waals surface area contributed by atoms with Crippen LogP contribution in [0.15, 0.2) is 42.0 Å². The largest absolute Gasteiger partial charge is 0.496 e. The summed E-state index contributed by atoms with van der Waals surface area (Å²) in [4.78, 5) is 17.4. The van der Waals surface area contributed by atoms with Gasteiger partial charge in [-0.3, -0.25) is 0 Å². The first-order valence-electron chi connectivity index (χ1n) is 8.03. The monoisotopic (exact) mass is 352 g/mol. The van der Waals surface area contributed by atoms with Crippen LogP contribution in [0.25, 0.3) is 6.08 Å². The Morgan fingerprint density at radius 3 is 2.77 bits per heavy atom. The van der Waals surface area contributed by atoms with Gasteiger partial charge in [-0.25, -0.2) is 9.78 Å². The van der Waals surface area contributed by atoms with Crippen LogP contribution in [0.1, 0.15) is 18.9 Å². The number of aliphatic carboxylic acids is 1. The van der Waals surface area contributed by atoms with Crippen LogP contribution in [0, 0.1) is 11.3 Å². The Kier molecular flexibility index (Phi) is 6.17. The molecule has 0 bridgehead atoms. The molecule has 0 aliphatic carbocycles. The Balaban J connectivity index is 2.49. The van der Waals surface area contributed by atoms with E-state index in [0.717, 1.165) is 12.1 Å². The van der Waals surface area contributed by atoms with Crippen LogP contribution in [0.2, 0.25) is 0 Å². The Labute approximate surface area is 151 Å². The summed E-state index contributed by atoms with van der Waals surface area (Å²) in [6.07, 6.45) is 2.17. The van der Waals surface area contributed by atoms with E-state index < -0.39 is 5.97 Å². The quantitative estimate of drug-likeness (QED) is 0.581. The molecule has 134 valence electrons. The van der Waals surface area contributed by atoms with Crippen LogP contribution in [0.3, 0.4) is 0 Å². The van der Waals surface area contributed by atoms with Crippen LogP contribution < -0.4 is 15.4 Å². The molecule has 7 nitrogen and oxygen atoms in total. The van der Waals surface area contributed by atoms with Gasteiger partial charge in [-0.1, -0.05) is 13.0 Å². The number of aromatic nitrogens is 1. The zero-order valence-electron chi connectivity index (χ0n) is 14.6. The summed E-state index contributed by atoms with van der Waals surface area (Å²) in [5.74, 6) is 0.312. The summed E-state index contributed by atoms with van der Waals surface area (Å²) in [6.45, 7) is 2.77. The number of benzene rings is 1. The van der Waals surface area contributed by atoms with Crippen molar-refractivity contribution < 1.29 is 14.6 Å². The third-order valence-corrected chi connectivity index (χ3v) is 3.66. The van der Waals surface area contributed by atoms with Gasteiger partial charge in [0.05, 0.1) is 7.11 Å². The number of nitrogens with zero attached hydrogens (tertiary/aromatic N) is 3. The highest BCUT2D eigenvalue weighted by Gasteiger charge is 2.14. The van der Waals surface area contributed by atoms with Gasteiger partial charge in [-0.05, 0) is 36.8 Å². The number of rotatable bonds is 7. The average molecular weight is 352 g/mol. The van der Waals surface area contributed by atoms with Gasteiger partial charge in [-0.2, -0.15) is 5.26 Å². The minimum Gasteiger partial charge on any atom is -0.496 e. The van der Waals surface area contributed by atoms with Crippen LogP contribution in [-0.4, -0.2) is 29.7 Å². The van der Waals surface area contributed by atoms with Gasteiger partial charge < -0.3 is 20.5 Å². The van der Waals surface area contributed by atoms with Crippen molar-refractivity contribution in [2.75, 3.05) is 24.3 Å². The summed E-state index contributed by atoms with van der Waals surface area (Å²) >= 11 is 0. The van der Waals surface area contributed by atoms with E-state index in [1.165, 1.54) is 13.2 Å². The van der Waals surface area contributed by atoms with Gasteiger partial charge in [0.15, 0.2) is 0 Å². The van der Waals surface area contributed by atoms with E-state index in [-0.39, 0.29) is 5.57 Å². The number of ether oxygens (including phenoxy) is 1. The first kappa shape index (κ1) is 18.8. The predicted molar refractivity (Wildman–Crippen MR) is 100 cm³/mol. The second-order valence-electron chi connectivity index (χ2n) is 5.47. The minimum absolute atomic E-state index is 0.362. The first-order chi connectivity index (χ1) is 12.5. The van der Waals surface area contributed by atoms with Crippen LogP contribution in [0.5, 0.6) is 5.75 Å². The number of pyridine rings is 1. The molecule has 0 saturated carbocycles. The number of anilines is 3. The topological polar surface area (TPSA) is 112 Å². The lowest BCUT2D eigenvalue weighted by Gasteiger charge is -2.24. The molecular weight excluding hydrogens is 332 g/mol. The fourth-order valence-corrected chi connectivity index (χ4v) is 2.47. The normalized spacial score (nSPS) is 10.9. The molecule has 0 fully saturated rings. The van der Waals surface area contributed by atoms with Crippen molar-refractivity contribution in [2.45, 2.75) is 13.3 Å². The molecule has 26 heavy (non-hydrogen) atoms. The molecule has 7 heteroatoms. The molecule has 0 aliphatic heterocycles. The summed E-state index contributed by atoms with van der Waals surface area (Å²) in [6, 6.07) is 12.4. The lowest BCUT2D eigenvalue weighted by Crippen LogP contribution is -2.19. The maximum atomic E-state index is 11.1. The van der Waals surface area contributed by atoms with Crippen molar-refractivity contribution >= 4 is 29.4 Å². The van der Waals surface area contributed by atoms with Crippen LogP contribution in [-0.2, 0) is 4.79 Å². The fraction of sp³-hybridized carbons (Fsp3) is 0.211. The average Bonchev–Trinajstić information content (AvgIpc) is 2.64. The summed E-state index contributed by atoms with van der Waals surface area (Å²) in [7, 11) is 1.49. The zero-order chi connectivity index (χ0) is 19.1. The Morgan fingerprint density at radius 1 is 1.42 bits per heavy atom.